The van der Waals surface area contributed by atoms with Crippen molar-refractivity contribution in [1.82, 2.24) is 14.5 Å². The quantitative estimate of drug-likeness (QED) is 0.160. The average Bonchev–Trinajstić information content (AvgIpc) is 3.52. The summed E-state index contributed by atoms with van der Waals surface area (Å²) in [5, 5.41) is 1.70. The summed E-state index contributed by atoms with van der Waals surface area (Å²) in [5.74, 6) is 1.72. The summed E-state index contributed by atoms with van der Waals surface area (Å²) in [5.41, 5.74) is 4.12. The van der Waals surface area contributed by atoms with Gasteiger partial charge in [-0.15, -0.1) is 0 Å². The van der Waals surface area contributed by atoms with E-state index < -0.39 is 0 Å². The van der Waals surface area contributed by atoms with Gasteiger partial charge in [0.1, 0.15) is 0 Å². The number of anilines is 1. The molecule has 0 radical (unpaired) electrons. The number of rotatable bonds is 7. The van der Waals surface area contributed by atoms with Crippen molar-refractivity contribution in [2.75, 3.05) is 37.9 Å². The van der Waals surface area contributed by atoms with Crippen LogP contribution in [-0.2, 0) is 12.3 Å². The fourth-order valence-corrected chi connectivity index (χ4v) is 6.69. The number of hydrogen-bond acceptors (Lipinski definition) is 7. The van der Waals surface area contributed by atoms with Gasteiger partial charge in [-0.25, -0.2) is 4.98 Å². The molecule has 4 aromatic carbocycles. The normalized spacial score (nSPS) is 14.3. The minimum absolute atomic E-state index is 0.0163. The molecule has 1 aromatic heterocycles. The fourth-order valence-electron chi connectivity index (χ4n) is 5.54. The number of thioether (sulfide) groups is 1. The Balaban J connectivity index is 1.11. The third kappa shape index (κ3) is 5.85. The second-order valence-electron chi connectivity index (χ2n) is 10.7. The molecule has 1 saturated heterocycles. The zero-order valence-corrected chi connectivity index (χ0v) is 25.4. The van der Waals surface area contributed by atoms with Crippen LogP contribution in [0.4, 0.5) is 5.69 Å². The Labute approximate surface area is 263 Å². The molecule has 0 unspecified atom stereocenters. The number of para-hydroxylation sites is 1. The molecular weight excluding hydrogens is 596 g/mol. The van der Waals surface area contributed by atoms with Gasteiger partial charge in [-0.1, -0.05) is 65.8 Å². The minimum atomic E-state index is -0.168. The molecule has 0 aliphatic carbocycles. The summed E-state index contributed by atoms with van der Waals surface area (Å²) in [6.07, 6.45) is 0. The van der Waals surface area contributed by atoms with Gasteiger partial charge in [0.2, 0.25) is 6.79 Å². The Hall–Kier alpha value is -4.47. The van der Waals surface area contributed by atoms with Crippen LogP contribution in [0.25, 0.3) is 10.9 Å². The lowest BCUT2D eigenvalue weighted by atomic mass is 10.1. The van der Waals surface area contributed by atoms with Crippen LogP contribution in [0.1, 0.15) is 21.5 Å². The highest BCUT2D eigenvalue weighted by Crippen LogP contribution is 2.35. The van der Waals surface area contributed by atoms with Crippen LogP contribution >= 0.6 is 23.4 Å². The van der Waals surface area contributed by atoms with Crippen LogP contribution < -0.4 is 19.9 Å². The molecule has 0 atom stereocenters. The molecule has 0 spiro atoms. The van der Waals surface area contributed by atoms with E-state index in [1.807, 2.05) is 71.6 Å². The van der Waals surface area contributed by atoms with E-state index in [1.165, 1.54) is 17.4 Å². The monoisotopic (exact) mass is 624 g/mol. The number of carbonyl (C=O) groups excluding carboxylic acids is 1. The molecule has 8 nitrogen and oxygen atoms in total. The number of aromatic nitrogens is 2. The van der Waals surface area contributed by atoms with E-state index in [0.717, 1.165) is 24.2 Å². The highest BCUT2D eigenvalue weighted by molar-refractivity contribution is 7.98. The van der Waals surface area contributed by atoms with Crippen LogP contribution in [0.5, 0.6) is 11.5 Å². The van der Waals surface area contributed by atoms with Gasteiger partial charge >= 0.3 is 0 Å². The summed E-state index contributed by atoms with van der Waals surface area (Å²) in [6.45, 7) is 3.34. The van der Waals surface area contributed by atoms with E-state index in [-0.39, 0.29) is 18.3 Å². The SMILES string of the molecule is O=C(c1ccc(Cn2c(SCc3cccc(Cl)c3)nc3cc4c(cc3c2=O)OCO4)cc1)N1CCN(c2ccccc2)CC1. The van der Waals surface area contributed by atoms with E-state index >= 15 is 0 Å². The topological polar surface area (TPSA) is 76.9 Å². The molecule has 222 valence electrons. The van der Waals surface area contributed by atoms with Crippen LogP contribution in [0.3, 0.4) is 0 Å². The number of benzene rings is 4. The van der Waals surface area contributed by atoms with Crippen LogP contribution in [-0.4, -0.2) is 53.3 Å². The van der Waals surface area contributed by atoms with Crippen molar-refractivity contribution in [2.24, 2.45) is 0 Å². The Morgan fingerprint density at radius 1 is 0.841 bits per heavy atom. The Morgan fingerprint density at radius 2 is 1.59 bits per heavy atom. The fraction of sp³-hybridized carbons (Fsp3) is 0.206. The Morgan fingerprint density at radius 3 is 2.34 bits per heavy atom. The maximum Gasteiger partial charge on any atom is 0.262 e. The summed E-state index contributed by atoms with van der Waals surface area (Å²) in [6, 6.07) is 28.9. The van der Waals surface area contributed by atoms with Crippen molar-refractivity contribution >= 4 is 45.9 Å². The summed E-state index contributed by atoms with van der Waals surface area (Å²) >= 11 is 7.68. The lowest BCUT2D eigenvalue weighted by Crippen LogP contribution is -2.48. The van der Waals surface area contributed by atoms with E-state index in [9.17, 15) is 9.59 Å². The second-order valence-corrected chi connectivity index (χ2v) is 12.1. The van der Waals surface area contributed by atoms with E-state index in [2.05, 4.69) is 17.0 Å². The van der Waals surface area contributed by atoms with Crippen molar-refractivity contribution < 1.29 is 14.3 Å². The predicted molar refractivity (Wildman–Crippen MR) is 173 cm³/mol. The zero-order valence-electron chi connectivity index (χ0n) is 23.8. The number of halogens is 1. The van der Waals surface area contributed by atoms with Gasteiger partial charge in [0.05, 0.1) is 17.4 Å². The van der Waals surface area contributed by atoms with Crippen molar-refractivity contribution in [2.45, 2.75) is 17.5 Å². The largest absolute Gasteiger partial charge is 0.454 e. The van der Waals surface area contributed by atoms with Crippen LogP contribution in [0.2, 0.25) is 5.02 Å². The van der Waals surface area contributed by atoms with Gasteiger partial charge < -0.3 is 19.3 Å². The number of hydrogen-bond donors (Lipinski definition) is 0. The Bertz CT molecular complexity index is 1890. The van der Waals surface area contributed by atoms with E-state index in [0.29, 0.717) is 63.5 Å². The second kappa shape index (κ2) is 12.3. The summed E-state index contributed by atoms with van der Waals surface area (Å²) in [4.78, 5) is 36.3. The van der Waals surface area contributed by atoms with Gasteiger partial charge in [0.25, 0.3) is 11.5 Å². The lowest BCUT2D eigenvalue weighted by molar-refractivity contribution is 0.0746. The van der Waals surface area contributed by atoms with Crippen molar-refractivity contribution in [1.29, 1.82) is 0 Å². The first-order valence-corrected chi connectivity index (χ1v) is 15.8. The van der Waals surface area contributed by atoms with Gasteiger partial charge in [0, 0.05) is 54.3 Å². The highest BCUT2D eigenvalue weighted by Gasteiger charge is 2.23. The van der Waals surface area contributed by atoms with Crippen LogP contribution in [0.15, 0.2) is 101 Å². The lowest BCUT2D eigenvalue weighted by Gasteiger charge is -2.36. The molecule has 0 saturated carbocycles. The van der Waals surface area contributed by atoms with Crippen molar-refractivity contribution in [3.8, 4) is 11.5 Å². The van der Waals surface area contributed by atoms with Gasteiger partial charge in [-0.2, -0.15) is 0 Å². The smallest absolute Gasteiger partial charge is 0.262 e. The first-order valence-electron chi connectivity index (χ1n) is 14.4. The van der Waals surface area contributed by atoms with Crippen LogP contribution in [0, 0.1) is 0 Å². The molecule has 0 N–H and O–H groups in total. The molecule has 10 heteroatoms. The molecule has 1 fully saturated rings. The standard InChI is InChI=1S/C34H29ClN4O4S/c35-26-6-4-5-24(17-26)21-44-34-36-29-19-31-30(42-22-43-31)18-28(29)33(41)39(34)20-23-9-11-25(12-10-23)32(40)38-15-13-37(14-16-38)27-7-2-1-3-8-27/h1-12,17-19H,13-16,20-22H2. The van der Waals surface area contributed by atoms with Gasteiger partial charge in [0.15, 0.2) is 16.7 Å². The molecule has 2 aliphatic heterocycles. The van der Waals surface area contributed by atoms with E-state index in [1.54, 1.807) is 16.7 Å². The van der Waals surface area contributed by atoms with Crippen molar-refractivity contribution in [3.63, 3.8) is 0 Å². The first-order chi connectivity index (χ1) is 21.5. The molecule has 1 amide bonds. The first kappa shape index (κ1) is 28.3. The number of carbonyl (C=O) groups is 1. The molecule has 44 heavy (non-hydrogen) atoms. The summed E-state index contributed by atoms with van der Waals surface area (Å²) in [7, 11) is 0. The molecule has 5 aromatic rings. The third-order valence-electron chi connectivity index (χ3n) is 7.90. The number of amides is 1. The number of ether oxygens (including phenoxy) is 2. The van der Waals surface area contributed by atoms with E-state index in [4.69, 9.17) is 26.1 Å². The molecule has 2 aliphatic rings. The number of piperazine rings is 1. The highest BCUT2D eigenvalue weighted by atomic mass is 35.5. The van der Waals surface area contributed by atoms with Gasteiger partial charge in [-0.3, -0.25) is 14.2 Å². The Kier molecular flexibility index (Phi) is 7.89. The van der Waals surface area contributed by atoms with Gasteiger partial charge in [-0.05, 0) is 53.6 Å². The zero-order chi connectivity index (χ0) is 30.0. The molecular formula is C34H29ClN4O4S. The number of fused-ring (bicyclic) bond motifs is 2. The maximum atomic E-state index is 13.9. The molecule has 7 rings (SSSR count). The predicted octanol–water partition coefficient (Wildman–Crippen LogP) is 6.08. The number of nitrogens with zero attached hydrogens (tertiary/aromatic N) is 4. The summed E-state index contributed by atoms with van der Waals surface area (Å²) < 4.78 is 12.7. The third-order valence-corrected chi connectivity index (χ3v) is 9.18. The molecule has 0 bridgehead atoms. The average molecular weight is 625 g/mol. The maximum absolute atomic E-state index is 13.9. The van der Waals surface area contributed by atoms with Crippen molar-refractivity contribution in [3.05, 3.63) is 123 Å². The molecule has 3 heterocycles. The minimum Gasteiger partial charge on any atom is -0.454 e.